The van der Waals surface area contributed by atoms with Gasteiger partial charge in [0.25, 0.3) is 0 Å². The largest absolute Gasteiger partial charge is 0.378 e. The highest BCUT2D eigenvalue weighted by Crippen LogP contribution is 2.43. The molecule has 1 heterocycles. The van der Waals surface area contributed by atoms with E-state index in [0.29, 0.717) is 13.2 Å². The van der Waals surface area contributed by atoms with Crippen molar-refractivity contribution in [3.8, 4) is 6.07 Å². The summed E-state index contributed by atoms with van der Waals surface area (Å²) in [4.78, 5) is 2.09. The monoisotopic (exact) mass is 294 g/mol. The van der Waals surface area contributed by atoms with Crippen LogP contribution in [0.4, 0.5) is 0 Å². The molecule has 1 aliphatic rings. The molecule has 2 rings (SSSR count). The van der Waals surface area contributed by atoms with Crippen LogP contribution >= 0.6 is 15.9 Å². The van der Waals surface area contributed by atoms with Crippen molar-refractivity contribution in [2.45, 2.75) is 6.04 Å². The van der Waals surface area contributed by atoms with Crippen LogP contribution in [0.25, 0.3) is 0 Å². The van der Waals surface area contributed by atoms with Gasteiger partial charge in [-0.15, -0.1) is 0 Å². The van der Waals surface area contributed by atoms with Gasteiger partial charge in [0.15, 0.2) is 0 Å². The fourth-order valence-corrected chi connectivity index (χ4v) is 2.81. The molecular formula is C13H15BrN2O. The first kappa shape index (κ1) is 12.6. The van der Waals surface area contributed by atoms with Gasteiger partial charge in [0, 0.05) is 4.47 Å². The quantitative estimate of drug-likeness (QED) is 0.860. The Morgan fingerprint density at radius 3 is 2.59 bits per heavy atom. The number of halogens is 1. The summed E-state index contributed by atoms with van der Waals surface area (Å²) in [5, 5.41) is 9.42. The van der Waals surface area contributed by atoms with Crippen LogP contribution in [-0.4, -0.2) is 32.2 Å². The lowest BCUT2D eigenvalue weighted by atomic mass is 9.76. The molecule has 1 aliphatic heterocycles. The van der Waals surface area contributed by atoms with Gasteiger partial charge in [0.2, 0.25) is 0 Å². The number of nitrogens with zero attached hydrogens (tertiary/aromatic N) is 2. The van der Waals surface area contributed by atoms with E-state index in [2.05, 4.69) is 39.0 Å². The molecule has 0 bridgehead atoms. The fourth-order valence-electron chi connectivity index (χ4n) is 2.39. The number of ether oxygens (including phenoxy) is 1. The van der Waals surface area contributed by atoms with Gasteiger partial charge in [0.1, 0.15) is 5.41 Å². The molecule has 4 heteroatoms. The summed E-state index contributed by atoms with van der Waals surface area (Å²) in [7, 11) is 4.01. The van der Waals surface area contributed by atoms with Gasteiger partial charge in [-0.2, -0.15) is 5.26 Å². The second kappa shape index (κ2) is 4.77. The molecule has 1 fully saturated rings. The maximum absolute atomic E-state index is 9.42. The van der Waals surface area contributed by atoms with Crippen LogP contribution in [0.1, 0.15) is 11.6 Å². The second-order valence-electron chi connectivity index (χ2n) is 4.68. The van der Waals surface area contributed by atoms with Crippen molar-refractivity contribution in [2.24, 2.45) is 5.41 Å². The van der Waals surface area contributed by atoms with Crippen molar-refractivity contribution in [1.29, 1.82) is 5.26 Å². The highest BCUT2D eigenvalue weighted by molar-refractivity contribution is 9.10. The van der Waals surface area contributed by atoms with E-state index in [1.54, 1.807) is 0 Å². The van der Waals surface area contributed by atoms with Gasteiger partial charge >= 0.3 is 0 Å². The van der Waals surface area contributed by atoms with E-state index in [1.165, 1.54) is 0 Å². The maximum atomic E-state index is 9.42. The highest BCUT2D eigenvalue weighted by atomic mass is 79.9. The number of rotatable bonds is 3. The number of hydrogen-bond acceptors (Lipinski definition) is 3. The second-order valence-corrected chi connectivity index (χ2v) is 5.60. The molecule has 0 radical (unpaired) electrons. The molecule has 1 aromatic carbocycles. The van der Waals surface area contributed by atoms with Crippen molar-refractivity contribution in [3.63, 3.8) is 0 Å². The zero-order chi connectivity index (χ0) is 12.5. The fraction of sp³-hybridized carbons (Fsp3) is 0.462. The predicted molar refractivity (Wildman–Crippen MR) is 69.4 cm³/mol. The Kier molecular flexibility index (Phi) is 3.53. The van der Waals surface area contributed by atoms with E-state index in [4.69, 9.17) is 4.74 Å². The molecule has 90 valence electrons. The Morgan fingerprint density at radius 1 is 1.47 bits per heavy atom. The van der Waals surface area contributed by atoms with E-state index >= 15 is 0 Å². The standard InChI is InChI=1S/C13H15BrN2O/c1-16(2)12(13(7-15)8-17-9-13)10-4-3-5-11(14)6-10/h3-6,12H,8-9H2,1-2H3. The van der Waals surface area contributed by atoms with Crippen LogP contribution in [-0.2, 0) is 4.74 Å². The Hall–Kier alpha value is -0.890. The van der Waals surface area contributed by atoms with Crippen molar-refractivity contribution >= 4 is 15.9 Å². The van der Waals surface area contributed by atoms with E-state index in [1.807, 2.05) is 26.2 Å². The van der Waals surface area contributed by atoms with Crippen molar-refractivity contribution in [1.82, 2.24) is 4.90 Å². The number of benzene rings is 1. The average molecular weight is 295 g/mol. The minimum Gasteiger partial charge on any atom is -0.378 e. The first-order valence-electron chi connectivity index (χ1n) is 5.50. The Morgan fingerprint density at radius 2 is 2.18 bits per heavy atom. The topological polar surface area (TPSA) is 36.3 Å². The van der Waals surface area contributed by atoms with E-state index in [-0.39, 0.29) is 6.04 Å². The highest BCUT2D eigenvalue weighted by Gasteiger charge is 2.48. The van der Waals surface area contributed by atoms with Crippen LogP contribution in [0.5, 0.6) is 0 Å². The number of nitriles is 1. The molecule has 1 atom stereocenters. The third kappa shape index (κ3) is 2.23. The maximum Gasteiger partial charge on any atom is 0.123 e. The summed E-state index contributed by atoms with van der Waals surface area (Å²) >= 11 is 3.48. The van der Waals surface area contributed by atoms with Gasteiger partial charge in [-0.25, -0.2) is 0 Å². The molecule has 1 unspecified atom stereocenters. The molecule has 0 saturated carbocycles. The Bertz CT molecular complexity index is 449. The summed E-state index contributed by atoms with van der Waals surface area (Å²) in [5.41, 5.74) is 0.735. The predicted octanol–water partition coefficient (Wildman–Crippen LogP) is 2.59. The van der Waals surface area contributed by atoms with E-state index in [9.17, 15) is 5.26 Å². The van der Waals surface area contributed by atoms with Crippen LogP contribution in [0, 0.1) is 16.7 Å². The molecule has 0 spiro atoms. The first-order chi connectivity index (χ1) is 8.09. The van der Waals surface area contributed by atoms with Crippen LogP contribution < -0.4 is 0 Å². The lowest BCUT2D eigenvalue weighted by Gasteiger charge is -2.44. The van der Waals surface area contributed by atoms with Crippen molar-refractivity contribution < 1.29 is 4.74 Å². The van der Waals surface area contributed by atoms with Crippen molar-refractivity contribution in [3.05, 3.63) is 34.3 Å². The summed E-state index contributed by atoms with van der Waals surface area (Å²) < 4.78 is 6.29. The van der Waals surface area contributed by atoms with E-state index < -0.39 is 5.41 Å². The lowest BCUT2D eigenvalue weighted by Crippen LogP contribution is -2.50. The summed E-state index contributed by atoms with van der Waals surface area (Å²) in [6.07, 6.45) is 0. The molecule has 1 saturated heterocycles. The minimum atomic E-state index is -0.412. The number of hydrogen-bond donors (Lipinski definition) is 0. The summed E-state index contributed by atoms with van der Waals surface area (Å²) in [5.74, 6) is 0. The zero-order valence-electron chi connectivity index (χ0n) is 9.98. The SMILES string of the molecule is CN(C)C(c1cccc(Br)c1)C1(C#N)COC1. The summed E-state index contributed by atoms with van der Waals surface area (Å²) in [6, 6.07) is 10.6. The average Bonchev–Trinajstić information content (AvgIpc) is 2.22. The Balaban J connectivity index is 2.40. The Labute approximate surface area is 110 Å². The van der Waals surface area contributed by atoms with Crippen LogP contribution in [0.15, 0.2) is 28.7 Å². The zero-order valence-corrected chi connectivity index (χ0v) is 11.6. The third-order valence-corrected chi connectivity index (χ3v) is 3.64. The van der Waals surface area contributed by atoms with Crippen LogP contribution in [0.2, 0.25) is 0 Å². The molecule has 3 nitrogen and oxygen atoms in total. The molecular weight excluding hydrogens is 280 g/mol. The minimum absolute atomic E-state index is 0.0683. The molecule has 0 aromatic heterocycles. The normalized spacial score (nSPS) is 19.5. The van der Waals surface area contributed by atoms with Crippen LogP contribution in [0.3, 0.4) is 0 Å². The molecule has 0 aliphatic carbocycles. The molecule has 17 heavy (non-hydrogen) atoms. The smallest absolute Gasteiger partial charge is 0.123 e. The van der Waals surface area contributed by atoms with E-state index in [0.717, 1.165) is 10.0 Å². The molecule has 1 aromatic rings. The third-order valence-electron chi connectivity index (χ3n) is 3.15. The lowest BCUT2D eigenvalue weighted by molar-refractivity contribution is -0.115. The van der Waals surface area contributed by atoms with Gasteiger partial charge in [-0.05, 0) is 31.8 Å². The summed E-state index contributed by atoms with van der Waals surface area (Å²) in [6.45, 7) is 1.03. The first-order valence-corrected chi connectivity index (χ1v) is 6.29. The van der Waals surface area contributed by atoms with Gasteiger partial charge in [-0.1, -0.05) is 28.1 Å². The van der Waals surface area contributed by atoms with Gasteiger partial charge in [-0.3, -0.25) is 0 Å². The van der Waals surface area contributed by atoms with Gasteiger partial charge in [0.05, 0.1) is 25.3 Å². The molecule has 0 amide bonds. The molecule has 0 N–H and O–H groups in total. The van der Waals surface area contributed by atoms with Gasteiger partial charge < -0.3 is 9.64 Å². The van der Waals surface area contributed by atoms with Crippen molar-refractivity contribution in [2.75, 3.05) is 27.3 Å².